The van der Waals surface area contributed by atoms with Crippen molar-refractivity contribution in [1.29, 1.82) is 0 Å². The van der Waals surface area contributed by atoms with Crippen molar-refractivity contribution in [3.8, 4) is 0 Å². The van der Waals surface area contributed by atoms with Crippen LogP contribution in [0.1, 0.15) is 15.9 Å². The fourth-order valence-electron chi connectivity index (χ4n) is 1.51. The molecule has 0 spiro atoms. The fourth-order valence-corrected chi connectivity index (χ4v) is 1.84. The van der Waals surface area contributed by atoms with Crippen LogP contribution >= 0.6 is 23.2 Å². The van der Waals surface area contributed by atoms with E-state index in [9.17, 15) is 4.79 Å². The van der Waals surface area contributed by atoms with E-state index in [-0.39, 0.29) is 22.3 Å². The van der Waals surface area contributed by atoms with Crippen molar-refractivity contribution in [1.82, 2.24) is 4.98 Å². The van der Waals surface area contributed by atoms with Gasteiger partial charge in [0.15, 0.2) is 0 Å². The SMILES string of the molecule is Cc1ccc(NC(=O)c2cc(Cl)ncc2N)cc1Cl. The van der Waals surface area contributed by atoms with Crippen LogP contribution in [0.5, 0.6) is 0 Å². The molecule has 0 aliphatic rings. The predicted octanol–water partition coefficient (Wildman–Crippen LogP) is 3.53. The van der Waals surface area contributed by atoms with E-state index in [1.807, 2.05) is 13.0 Å². The van der Waals surface area contributed by atoms with E-state index in [1.165, 1.54) is 12.3 Å². The quantitative estimate of drug-likeness (QED) is 0.833. The minimum Gasteiger partial charge on any atom is -0.397 e. The van der Waals surface area contributed by atoms with Crippen molar-refractivity contribution in [2.75, 3.05) is 11.1 Å². The van der Waals surface area contributed by atoms with Gasteiger partial charge in [-0.3, -0.25) is 4.79 Å². The number of halogens is 2. The van der Waals surface area contributed by atoms with Gasteiger partial charge in [-0.15, -0.1) is 0 Å². The highest BCUT2D eigenvalue weighted by molar-refractivity contribution is 6.31. The maximum Gasteiger partial charge on any atom is 0.257 e. The van der Waals surface area contributed by atoms with Crippen molar-refractivity contribution in [2.45, 2.75) is 6.92 Å². The number of hydrogen-bond acceptors (Lipinski definition) is 3. The minimum atomic E-state index is -0.360. The van der Waals surface area contributed by atoms with Gasteiger partial charge < -0.3 is 11.1 Å². The number of nitrogens with one attached hydrogen (secondary N) is 1. The number of hydrogen-bond donors (Lipinski definition) is 2. The highest BCUT2D eigenvalue weighted by atomic mass is 35.5. The highest BCUT2D eigenvalue weighted by Crippen LogP contribution is 2.22. The number of anilines is 2. The Kier molecular flexibility index (Phi) is 3.93. The summed E-state index contributed by atoms with van der Waals surface area (Å²) >= 11 is 11.7. The van der Waals surface area contributed by atoms with E-state index in [0.717, 1.165) is 5.56 Å². The van der Waals surface area contributed by atoms with Crippen LogP contribution in [-0.2, 0) is 0 Å². The van der Waals surface area contributed by atoms with Gasteiger partial charge in [0, 0.05) is 10.7 Å². The summed E-state index contributed by atoms with van der Waals surface area (Å²) in [6.45, 7) is 1.88. The van der Waals surface area contributed by atoms with Crippen LogP contribution in [0.15, 0.2) is 30.5 Å². The van der Waals surface area contributed by atoms with E-state index < -0.39 is 0 Å². The summed E-state index contributed by atoms with van der Waals surface area (Å²) in [4.78, 5) is 15.9. The molecule has 0 radical (unpaired) electrons. The number of nitrogens with zero attached hydrogens (tertiary/aromatic N) is 1. The third-order valence-electron chi connectivity index (χ3n) is 2.58. The molecule has 0 aliphatic heterocycles. The van der Waals surface area contributed by atoms with Crippen LogP contribution in [0.2, 0.25) is 10.2 Å². The number of aromatic nitrogens is 1. The van der Waals surface area contributed by atoms with Gasteiger partial charge in [0.25, 0.3) is 5.91 Å². The molecule has 0 bridgehead atoms. The first-order valence-electron chi connectivity index (χ1n) is 5.46. The predicted molar refractivity (Wildman–Crippen MR) is 77.8 cm³/mol. The Bertz CT molecular complexity index is 644. The number of carbonyl (C=O) groups excluding carboxylic acids is 1. The third-order valence-corrected chi connectivity index (χ3v) is 3.19. The topological polar surface area (TPSA) is 68.0 Å². The molecular formula is C13H11Cl2N3O. The van der Waals surface area contributed by atoms with Crippen molar-refractivity contribution in [2.24, 2.45) is 0 Å². The molecule has 1 heterocycles. The molecule has 4 nitrogen and oxygen atoms in total. The molecule has 1 aromatic carbocycles. The smallest absolute Gasteiger partial charge is 0.257 e. The summed E-state index contributed by atoms with van der Waals surface area (Å²) < 4.78 is 0. The molecule has 0 saturated heterocycles. The Morgan fingerprint density at radius 2 is 2.05 bits per heavy atom. The first kappa shape index (κ1) is 13.6. The molecular weight excluding hydrogens is 285 g/mol. The average molecular weight is 296 g/mol. The van der Waals surface area contributed by atoms with Crippen LogP contribution < -0.4 is 11.1 Å². The molecule has 0 aliphatic carbocycles. The van der Waals surface area contributed by atoms with E-state index >= 15 is 0 Å². The number of nitrogen functional groups attached to an aromatic ring is 1. The van der Waals surface area contributed by atoms with Crippen LogP contribution in [-0.4, -0.2) is 10.9 Å². The first-order valence-corrected chi connectivity index (χ1v) is 6.21. The van der Waals surface area contributed by atoms with Crippen molar-refractivity contribution in [3.05, 3.63) is 51.8 Å². The second-order valence-corrected chi connectivity index (χ2v) is 4.81. The molecule has 1 amide bonds. The Balaban J connectivity index is 2.25. The molecule has 1 aromatic heterocycles. The molecule has 0 fully saturated rings. The fraction of sp³-hybridized carbons (Fsp3) is 0.0769. The summed E-state index contributed by atoms with van der Waals surface area (Å²) in [6, 6.07) is 6.68. The van der Waals surface area contributed by atoms with E-state index in [0.29, 0.717) is 10.7 Å². The van der Waals surface area contributed by atoms with Gasteiger partial charge in [0.1, 0.15) is 5.15 Å². The van der Waals surface area contributed by atoms with E-state index in [1.54, 1.807) is 12.1 Å². The zero-order valence-corrected chi connectivity index (χ0v) is 11.6. The number of rotatable bonds is 2. The number of carbonyl (C=O) groups is 1. The van der Waals surface area contributed by atoms with E-state index in [4.69, 9.17) is 28.9 Å². The standard InChI is InChI=1S/C13H11Cl2N3O/c1-7-2-3-8(4-10(7)14)18-13(19)9-5-12(15)17-6-11(9)16/h2-6H,16H2,1H3,(H,18,19). The minimum absolute atomic E-state index is 0.210. The zero-order chi connectivity index (χ0) is 14.0. The molecule has 0 atom stereocenters. The lowest BCUT2D eigenvalue weighted by atomic mass is 10.2. The number of amides is 1. The summed E-state index contributed by atoms with van der Waals surface area (Å²) in [6.07, 6.45) is 1.35. The molecule has 2 rings (SSSR count). The van der Waals surface area contributed by atoms with Gasteiger partial charge in [-0.1, -0.05) is 29.3 Å². The largest absolute Gasteiger partial charge is 0.397 e. The summed E-state index contributed by atoms with van der Waals surface area (Å²) in [5.74, 6) is -0.360. The molecule has 3 N–H and O–H groups in total. The Morgan fingerprint density at radius 3 is 2.74 bits per heavy atom. The van der Waals surface area contributed by atoms with Gasteiger partial charge in [-0.25, -0.2) is 4.98 Å². The summed E-state index contributed by atoms with van der Waals surface area (Å²) in [5.41, 5.74) is 7.76. The number of pyridine rings is 1. The Morgan fingerprint density at radius 1 is 1.32 bits per heavy atom. The highest BCUT2D eigenvalue weighted by Gasteiger charge is 2.11. The maximum absolute atomic E-state index is 12.1. The van der Waals surface area contributed by atoms with Gasteiger partial charge >= 0.3 is 0 Å². The van der Waals surface area contributed by atoms with Gasteiger partial charge in [0.05, 0.1) is 17.4 Å². The first-order chi connectivity index (χ1) is 8.97. The Hall–Kier alpha value is -1.78. The third kappa shape index (κ3) is 3.16. The maximum atomic E-state index is 12.1. The number of aryl methyl sites for hydroxylation is 1. The Labute approximate surface area is 120 Å². The lowest BCUT2D eigenvalue weighted by Crippen LogP contribution is -2.14. The number of nitrogens with two attached hydrogens (primary N) is 1. The van der Waals surface area contributed by atoms with Crippen LogP contribution in [0.3, 0.4) is 0 Å². The van der Waals surface area contributed by atoms with Crippen molar-refractivity contribution in [3.63, 3.8) is 0 Å². The molecule has 0 saturated carbocycles. The second kappa shape index (κ2) is 5.47. The van der Waals surface area contributed by atoms with Crippen molar-refractivity contribution < 1.29 is 4.79 Å². The molecule has 19 heavy (non-hydrogen) atoms. The zero-order valence-electron chi connectivity index (χ0n) is 10.1. The molecule has 0 unspecified atom stereocenters. The molecule has 98 valence electrons. The van der Waals surface area contributed by atoms with Gasteiger partial charge in [-0.2, -0.15) is 0 Å². The summed E-state index contributed by atoms with van der Waals surface area (Å²) in [5, 5.41) is 3.50. The number of benzene rings is 1. The average Bonchev–Trinajstić information content (AvgIpc) is 2.36. The van der Waals surface area contributed by atoms with Gasteiger partial charge in [0.2, 0.25) is 0 Å². The van der Waals surface area contributed by atoms with E-state index in [2.05, 4.69) is 10.3 Å². The van der Waals surface area contributed by atoms with Crippen LogP contribution in [0, 0.1) is 6.92 Å². The van der Waals surface area contributed by atoms with Gasteiger partial charge in [-0.05, 0) is 30.7 Å². The monoisotopic (exact) mass is 295 g/mol. The second-order valence-electron chi connectivity index (χ2n) is 4.01. The normalized spacial score (nSPS) is 10.3. The van der Waals surface area contributed by atoms with Crippen LogP contribution in [0.25, 0.3) is 0 Å². The van der Waals surface area contributed by atoms with Crippen molar-refractivity contribution >= 4 is 40.5 Å². The summed E-state index contributed by atoms with van der Waals surface area (Å²) in [7, 11) is 0. The lowest BCUT2D eigenvalue weighted by molar-refractivity contribution is 0.102. The lowest BCUT2D eigenvalue weighted by Gasteiger charge is -2.08. The van der Waals surface area contributed by atoms with Crippen LogP contribution in [0.4, 0.5) is 11.4 Å². The molecule has 6 heteroatoms. The molecule has 2 aromatic rings.